The van der Waals surface area contributed by atoms with Crippen molar-refractivity contribution in [2.75, 3.05) is 32.9 Å². The molecule has 132 valence electrons. The third-order valence-electron chi connectivity index (χ3n) is 5.02. The fourth-order valence-corrected chi connectivity index (χ4v) is 3.61. The largest absolute Gasteiger partial charge is 0.463 e. The van der Waals surface area contributed by atoms with Gasteiger partial charge in [0.1, 0.15) is 6.61 Å². The van der Waals surface area contributed by atoms with Crippen LogP contribution >= 0.6 is 0 Å². The second-order valence-corrected chi connectivity index (χ2v) is 6.93. The molecule has 0 saturated carbocycles. The van der Waals surface area contributed by atoms with Crippen molar-refractivity contribution < 1.29 is 14.3 Å². The van der Waals surface area contributed by atoms with Crippen LogP contribution in [0.25, 0.3) is 0 Å². The summed E-state index contributed by atoms with van der Waals surface area (Å²) in [4.78, 5) is 23.0. The third kappa shape index (κ3) is 2.97. The predicted octanol–water partition coefficient (Wildman–Crippen LogP) is 0.686. The molecule has 0 N–H and O–H groups in total. The number of aryl methyl sites for hydroxylation is 2. The molecule has 8 heteroatoms. The molecule has 2 saturated heterocycles. The van der Waals surface area contributed by atoms with E-state index in [9.17, 15) is 4.79 Å². The van der Waals surface area contributed by atoms with Crippen LogP contribution in [0.2, 0.25) is 0 Å². The molecule has 2 fully saturated rings. The maximum absolute atomic E-state index is 12.7. The molecule has 4 heterocycles. The average Bonchev–Trinajstić information content (AvgIpc) is 3.26. The number of ether oxygens (including phenoxy) is 2. The van der Waals surface area contributed by atoms with Crippen LogP contribution in [-0.2, 0) is 11.8 Å². The van der Waals surface area contributed by atoms with E-state index in [4.69, 9.17) is 9.47 Å². The van der Waals surface area contributed by atoms with Gasteiger partial charge in [0.15, 0.2) is 0 Å². The molecule has 0 unspecified atom stereocenters. The molecule has 25 heavy (non-hydrogen) atoms. The Hall–Kier alpha value is -2.48. The number of carbonyl (C=O) groups is 1. The molecule has 0 bridgehead atoms. The maximum Gasteiger partial charge on any atom is 0.316 e. The Labute approximate surface area is 145 Å². The van der Waals surface area contributed by atoms with Crippen molar-refractivity contribution in [1.82, 2.24) is 24.6 Å². The van der Waals surface area contributed by atoms with Crippen LogP contribution in [-0.4, -0.2) is 63.5 Å². The zero-order valence-corrected chi connectivity index (χ0v) is 14.4. The van der Waals surface area contributed by atoms with Crippen LogP contribution in [0.3, 0.4) is 0 Å². The van der Waals surface area contributed by atoms with E-state index in [2.05, 4.69) is 15.1 Å². The van der Waals surface area contributed by atoms with Crippen molar-refractivity contribution >= 4 is 5.91 Å². The molecule has 4 rings (SSSR count). The summed E-state index contributed by atoms with van der Waals surface area (Å²) in [6.07, 6.45) is 5.04. The predicted molar refractivity (Wildman–Crippen MR) is 88.1 cm³/mol. The lowest BCUT2D eigenvalue weighted by molar-refractivity contribution is 0.0649. The lowest BCUT2D eigenvalue weighted by atomic mass is 9.82. The van der Waals surface area contributed by atoms with E-state index in [0.29, 0.717) is 44.5 Å². The molecule has 2 aromatic heterocycles. The summed E-state index contributed by atoms with van der Waals surface area (Å²) in [5, 5.41) is 4.09. The van der Waals surface area contributed by atoms with Crippen LogP contribution in [0.5, 0.6) is 6.01 Å². The summed E-state index contributed by atoms with van der Waals surface area (Å²) in [7, 11) is 1.81. The number of hydrogen-bond acceptors (Lipinski definition) is 6. The first kappa shape index (κ1) is 16.0. The van der Waals surface area contributed by atoms with Crippen molar-refractivity contribution in [2.24, 2.45) is 18.4 Å². The summed E-state index contributed by atoms with van der Waals surface area (Å²) in [5.74, 6) is 0.270. The SMILES string of the molecule is Cc1ccnc(OC[C@]23COC[C@H]2CN(C(=O)c2cnn(C)c2)C3)n1. The number of nitrogens with zero attached hydrogens (tertiary/aromatic N) is 5. The van der Waals surface area contributed by atoms with Gasteiger partial charge in [0, 0.05) is 44.1 Å². The number of carbonyl (C=O) groups excluding carboxylic acids is 1. The first-order valence-electron chi connectivity index (χ1n) is 8.34. The number of hydrogen-bond donors (Lipinski definition) is 0. The van der Waals surface area contributed by atoms with E-state index in [1.165, 1.54) is 0 Å². The molecule has 0 radical (unpaired) electrons. The number of fused-ring (bicyclic) bond motifs is 1. The zero-order valence-electron chi connectivity index (χ0n) is 14.4. The molecule has 0 spiro atoms. The molecule has 1 amide bonds. The van der Waals surface area contributed by atoms with Crippen LogP contribution < -0.4 is 4.74 Å². The Morgan fingerprint density at radius 3 is 3.16 bits per heavy atom. The maximum atomic E-state index is 12.7. The van der Waals surface area contributed by atoms with Gasteiger partial charge in [0.2, 0.25) is 0 Å². The fourth-order valence-electron chi connectivity index (χ4n) is 3.61. The lowest BCUT2D eigenvalue weighted by Gasteiger charge is -2.26. The Bertz CT molecular complexity index is 792. The highest BCUT2D eigenvalue weighted by molar-refractivity contribution is 5.94. The van der Waals surface area contributed by atoms with E-state index < -0.39 is 0 Å². The fraction of sp³-hybridized carbons (Fsp3) is 0.529. The summed E-state index contributed by atoms with van der Waals surface area (Å²) >= 11 is 0. The Kier molecular flexibility index (Phi) is 3.91. The minimum atomic E-state index is -0.203. The van der Waals surface area contributed by atoms with E-state index >= 15 is 0 Å². The van der Waals surface area contributed by atoms with Crippen LogP contribution in [0, 0.1) is 18.3 Å². The van der Waals surface area contributed by atoms with Crippen LogP contribution in [0.4, 0.5) is 0 Å². The number of rotatable bonds is 4. The third-order valence-corrected chi connectivity index (χ3v) is 5.02. The molecular formula is C17H21N5O3. The van der Waals surface area contributed by atoms with Gasteiger partial charge in [-0.05, 0) is 13.0 Å². The summed E-state index contributed by atoms with van der Waals surface area (Å²) in [5.41, 5.74) is 1.27. The van der Waals surface area contributed by atoms with E-state index in [0.717, 1.165) is 5.69 Å². The number of amides is 1. The zero-order chi connectivity index (χ0) is 17.4. The Morgan fingerprint density at radius 2 is 2.40 bits per heavy atom. The van der Waals surface area contributed by atoms with Gasteiger partial charge in [0.25, 0.3) is 5.91 Å². The Balaban J connectivity index is 1.47. The molecule has 2 aliphatic heterocycles. The van der Waals surface area contributed by atoms with Gasteiger partial charge in [-0.1, -0.05) is 0 Å². The van der Waals surface area contributed by atoms with E-state index in [1.54, 1.807) is 30.3 Å². The van der Waals surface area contributed by atoms with Crippen molar-refractivity contribution in [3.05, 3.63) is 35.9 Å². The summed E-state index contributed by atoms with van der Waals surface area (Å²) in [6.45, 7) is 4.86. The van der Waals surface area contributed by atoms with Gasteiger partial charge in [-0.3, -0.25) is 9.48 Å². The molecule has 2 aromatic rings. The van der Waals surface area contributed by atoms with Gasteiger partial charge in [-0.2, -0.15) is 5.10 Å². The van der Waals surface area contributed by atoms with Crippen molar-refractivity contribution in [1.29, 1.82) is 0 Å². The number of aromatic nitrogens is 4. The summed E-state index contributed by atoms with van der Waals surface area (Å²) < 4.78 is 13.2. The molecule has 8 nitrogen and oxygen atoms in total. The second kappa shape index (κ2) is 6.11. The van der Waals surface area contributed by atoms with Gasteiger partial charge in [0.05, 0.1) is 30.4 Å². The van der Waals surface area contributed by atoms with Crippen molar-refractivity contribution in [3.63, 3.8) is 0 Å². The molecule has 2 atom stereocenters. The summed E-state index contributed by atoms with van der Waals surface area (Å²) in [6, 6.07) is 2.20. The molecular weight excluding hydrogens is 322 g/mol. The van der Waals surface area contributed by atoms with E-state index in [1.807, 2.05) is 17.9 Å². The smallest absolute Gasteiger partial charge is 0.316 e. The van der Waals surface area contributed by atoms with E-state index in [-0.39, 0.29) is 17.2 Å². The Morgan fingerprint density at radius 1 is 1.52 bits per heavy atom. The first-order valence-corrected chi connectivity index (χ1v) is 8.34. The minimum absolute atomic E-state index is 0.00804. The van der Waals surface area contributed by atoms with Crippen LogP contribution in [0.15, 0.2) is 24.7 Å². The van der Waals surface area contributed by atoms with Crippen molar-refractivity contribution in [3.8, 4) is 6.01 Å². The average molecular weight is 343 g/mol. The van der Waals surface area contributed by atoms with Gasteiger partial charge in [-0.15, -0.1) is 0 Å². The normalized spacial score (nSPS) is 25.2. The standard InChI is InChI=1S/C17H21N5O3/c1-12-3-4-18-16(20-12)25-11-17-9-22(7-14(17)8-24-10-17)15(23)13-5-19-21(2)6-13/h3-6,14H,7-11H2,1-2H3/t14-,17+/m1/s1. The minimum Gasteiger partial charge on any atom is -0.463 e. The quantitative estimate of drug-likeness (QED) is 0.812. The second-order valence-electron chi connectivity index (χ2n) is 6.93. The first-order chi connectivity index (χ1) is 12.1. The van der Waals surface area contributed by atoms with Crippen molar-refractivity contribution in [2.45, 2.75) is 6.92 Å². The molecule has 0 aliphatic carbocycles. The highest BCUT2D eigenvalue weighted by atomic mass is 16.5. The topological polar surface area (TPSA) is 82.4 Å². The molecule has 0 aromatic carbocycles. The van der Waals surface area contributed by atoms with Gasteiger partial charge < -0.3 is 14.4 Å². The number of likely N-dealkylation sites (tertiary alicyclic amines) is 1. The lowest BCUT2D eigenvalue weighted by Crippen LogP contribution is -2.38. The monoisotopic (exact) mass is 343 g/mol. The van der Waals surface area contributed by atoms with Gasteiger partial charge in [-0.25, -0.2) is 9.97 Å². The highest BCUT2D eigenvalue weighted by Gasteiger charge is 2.52. The molecule has 2 aliphatic rings. The highest BCUT2D eigenvalue weighted by Crippen LogP contribution is 2.42. The van der Waals surface area contributed by atoms with Gasteiger partial charge >= 0.3 is 6.01 Å². The van der Waals surface area contributed by atoms with Crippen LogP contribution in [0.1, 0.15) is 16.1 Å².